The number of amides is 2. The summed E-state index contributed by atoms with van der Waals surface area (Å²) >= 11 is 3.48. The molecule has 0 saturated carbocycles. The second kappa shape index (κ2) is 9.92. The van der Waals surface area contributed by atoms with Crippen molar-refractivity contribution in [3.8, 4) is 0 Å². The predicted octanol–water partition coefficient (Wildman–Crippen LogP) is 5.07. The molecule has 1 fully saturated rings. The number of rotatable bonds is 5. The van der Waals surface area contributed by atoms with Gasteiger partial charge in [0.1, 0.15) is 0 Å². The Morgan fingerprint density at radius 1 is 0.833 bits per heavy atom. The molecule has 0 unspecified atom stereocenters. The van der Waals surface area contributed by atoms with E-state index < -0.39 is 0 Å². The van der Waals surface area contributed by atoms with Crippen LogP contribution in [0.15, 0.2) is 89.4 Å². The molecular formula is C25H26BrN3O. The van der Waals surface area contributed by atoms with E-state index in [1.807, 2.05) is 29.2 Å². The van der Waals surface area contributed by atoms with Crippen LogP contribution in [0.2, 0.25) is 0 Å². The third kappa shape index (κ3) is 5.10. The monoisotopic (exact) mass is 463 g/mol. The Hall–Kier alpha value is -2.63. The summed E-state index contributed by atoms with van der Waals surface area (Å²) in [6.45, 7) is 3.67. The third-order valence-electron chi connectivity index (χ3n) is 5.53. The number of urea groups is 1. The van der Waals surface area contributed by atoms with Crippen LogP contribution in [0, 0.1) is 0 Å². The number of benzene rings is 3. The number of hydrogen-bond acceptors (Lipinski definition) is 2. The first-order valence-corrected chi connectivity index (χ1v) is 11.1. The maximum atomic E-state index is 12.7. The van der Waals surface area contributed by atoms with Gasteiger partial charge in [0.15, 0.2) is 0 Å². The normalized spacial score (nSPS) is 14.7. The van der Waals surface area contributed by atoms with Crippen molar-refractivity contribution < 1.29 is 4.79 Å². The molecule has 4 nitrogen and oxygen atoms in total. The Kier molecular flexibility index (Phi) is 6.82. The van der Waals surface area contributed by atoms with Gasteiger partial charge in [-0.2, -0.15) is 0 Å². The highest BCUT2D eigenvalue weighted by Crippen LogP contribution is 2.29. The standard InChI is InChI=1S/C25H26BrN3O/c26-23-13-7-8-20(18-23)19-27-25(30)29-16-14-28(15-17-29)24(21-9-3-1-4-10-21)22-11-5-2-6-12-22/h1-13,18,24H,14-17,19H2,(H,27,30). The highest BCUT2D eigenvalue weighted by atomic mass is 79.9. The van der Waals surface area contributed by atoms with E-state index in [1.54, 1.807) is 0 Å². The van der Waals surface area contributed by atoms with Crippen LogP contribution in [0.3, 0.4) is 0 Å². The van der Waals surface area contributed by atoms with Crippen molar-refractivity contribution in [2.24, 2.45) is 0 Å². The Bertz CT molecular complexity index is 917. The molecule has 4 rings (SSSR count). The van der Waals surface area contributed by atoms with Crippen LogP contribution < -0.4 is 5.32 Å². The van der Waals surface area contributed by atoms with Gasteiger partial charge in [0.2, 0.25) is 0 Å². The van der Waals surface area contributed by atoms with Crippen LogP contribution in [0.4, 0.5) is 4.79 Å². The number of hydrogen-bond donors (Lipinski definition) is 1. The van der Waals surface area contributed by atoms with E-state index in [0.29, 0.717) is 6.54 Å². The number of halogens is 1. The van der Waals surface area contributed by atoms with E-state index in [1.165, 1.54) is 11.1 Å². The molecule has 1 heterocycles. The maximum absolute atomic E-state index is 12.7. The molecule has 30 heavy (non-hydrogen) atoms. The fourth-order valence-electron chi connectivity index (χ4n) is 4.00. The molecule has 0 aromatic heterocycles. The van der Waals surface area contributed by atoms with Crippen LogP contribution in [-0.4, -0.2) is 42.0 Å². The Balaban J connectivity index is 1.39. The lowest BCUT2D eigenvalue weighted by molar-refractivity contribution is 0.120. The number of carbonyl (C=O) groups excluding carboxylic acids is 1. The van der Waals surface area contributed by atoms with Gasteiger partial charge in [0.25, 0.3) is 0 Å². The van der Waals surface area contributed by atoms with Gasteiger partial charge in [0, 0.05) is 37.2 Å². The fourth-order valence-corrected chi connectivity index (χ4v) is 4.45. The van der Waals surface area contributed by atoms with Crippen molar-refractivity contribution in [3.63, 3.8) is 0 Å². The predicted molar refractivity (Wildman–Crippen MR) is 124 cm³/mol. The highest BCUT2D eigenvalue weighted by molar-refractivity contribution is 9.10. The van der Waals surface area contributed by atoms with E-state index in [9.17, 15) is 4.79 Å². The van der Waals surface area contributed by atoms with E-state index in [-0.39, 0.29) is 12.1 Å². The first-order chi connectivity index (χ1) is 14.7. The SMILES string of the molecule is O=C(NCc1cccc(Br)c1)N1CCN(C(c2ccccc2)c2ccccc2)CC1. The summed E-state index contributed by atoms with van der Waals surface area (Å²) in [5.74, 6) is 0. The molecule has 5 heteroatoms. The molecule has 0 bridgehead atoms. The lowest BCUT2D eigenvalue weighted by Gasteiger charge is -2.39. The lowest BCUT2D eigenvalue weighted by atomic mass is 9.96. The summed E-state index contributed by atoms with van der Waals surface area (Å²) in [6, 6.07) is 29.5. The molecule has 1 aliphatic heterocycles. The van der Waals surface area contributed by atoms with E-state index in [4.69, 9.17) is 0 Å². The molecule has 2 amide bonds. The van der Waals surface area contributed by atoms with E-state index >= 15 is 0 Å². The minimum absolute atomic E-state index is 0.00518. The fraction of sp³-hybridized carbons (Fsp3) is 0.240. The topological polar surface area (TPSA) is 35.6 Å². The summed E-state index contributed by atoms with van der Waals surface area (Å²) in [5.41, 5.74) is 3.66. The van der Waals surface area contributed by atoms with Crippen molar-refractivity contribution in [1.29, 1.82) is 0 Å². The van der Waals surface area contributed by atoms with Crippen LogP contribution in [0.1, 0.15) is 22.7 Å². The van der Waals surface area contributed by atoms with E-state index in [2.05, 4.69) is 86.8 Å². The van der Waals surface area contributed by atoms with Gasteiger partial charge in [-0.25, -0.2) is 4.79 Å². The summed E-state index contributed by atoms with van der Waals surface area (Å²) in [7, 11) is 0. The number of carbonyl (C=O) groups is 1. The summed E-state index contributed by atoms with van der Waals surface area (Å²) in [6.07, 6.45) is 0. The van der Waals surface area contributed by atoms with E-state index in [0.717, 1.165) is 36.2 Å². The van der Waals surface area contributed by atoms with Crippen LogP contribution in [0.25, 0.3) is 0 Å². The average molecular weight is 464 g/mol. The first-order valence-electron chi connectivity index (χ1n) is 10.3. The zero-order chi connectivity index (χ0) is 20.8. The minimum atomic E-state index is 0.00518. The van der Waals surface area contributed by atoms with Crippen LogP contribution >= 0.6 is 15.9 Å². The maximum Gasteiger partial charge on any atom is 0.317 e. The molecule has 154 valence electrons. The van der Waals surface area contributed by atoms with Gasteiger partial charge in [-0.1, -0.05) is 88.7 Å². The molecule has 0 atom stereocenters. The summed E-state index contributed by atoms with van der Waals surface area (Å²) in [4.78, 5) is 17.1. The first kappa shape index (κ1) is 20.6. The van der Waals surface area contributed by atoms with Crippen molar-refractivity contribution >= 4 is 22.0 Å². The molecule has 1 N–H and O–H groups in total. The Morgan fingerprint density at radius 2 is 1.43 bits per heavy atom. The van der Waals surface area contributed by atoms with Gasteiger partial charge in [-0.05, 0) is 28.8 Å². The molecule has 0 spiro atoms. The number of piperazine rings is 1. The minimum Gasteiger partial charge on any atom is -0.334 e. The van der Waals surface area contributed by atoms with Gasteiger partial charge in [0.05, 0.1) is 6.04 Å². The Morgan fingerprint density at radius 3 is 2.00 bits per heavy atom. The summed E-state index contributed by atoms with van der Waals surface area (Å²) in [5, 5.41) is 3.05. The smallest absolute Gasteiger partial charge is 0.317 e. The zero-order valence-electron chi connectivity index (χ0n) is 16.9. The van der Waals surface area contributed by atoms with Crippen molar-refractivity contribution in [1.82, 2.24) is 15.1 Å². The van der Waals surface area contributed by atoms with Gasteiger partial charge in [-0.3, -0.25) is 4.90 Å². The second-order valence-corrected chi connectivity index (χ2v) is 8.45. The van der Waals surface area contributed by atoms with Gasteiger partial charge >= 0.3 is 6.03 Å². The third-order valence-corrected chi connectivity index (χ3v) is 6.02. The quantitative estimate of drug-likeness (QED) is 0.573. The van der Waals surface area contributed by atoms with Gasteiger partial charge in [-0.15, -0.1) is 0 Å². The molecular weight excluding hydrogens is 438 g/mol. The van der Waals surface area contributed by atoms with Crippen molar-refractivity contribution in [3.05, 3.63) is 106 Å². The molecule has 1 saturated heterocycles. The second-order valence-electron chi connectivity index (χ2n) is 7.54. The Labute approximate surface area is 186 Å². The van der Waals surface area contributed by atoms with Gasteiger partial charge < -0.3 is 10.2 Å². The number of nitrogens with one attached hydrogen (secondary N) is 1. The molecule has 3 aromatic rings. The van der Waals surface area contributed by atoms with Crippen LogP contribution in [0.5, 0.6) is 0 Å². The molecule has 0 radical (unpaired) electrons. The highest BCUT2D eigenvalue weighted by Gasteiger charge is 2.28. The largest absolute Gasteiger partial charge is 0.334 e. The molecule has 3 aromatic carbocycles. The average Bonchev–Trinajstić information content (AvgIpc) is 2.80. The molecule has 0 aliphatic carbocycles. The molecule has 1 aliphatic rings. The zero-order valence-corrected chi connectivity index (χ0v) is 18.5. The van der Waals surface area contributed by atoms with Crippen LogP contribution in [-0.2, 0) is 6.54 Å². The summed E-state index contributed by atoms with van der Waals surface area (Å²) < 4.78 is 1.02. The number of nitrogens with zero attached hydrogens (tertiary/aromatic N) is 2. The van der Waals surface area contributed by atoms with Crippen molar-refractivity contribution in [2.75, 3.05) is 26.2 Å². The lowest BCUT2D eigenvalue weighted by Crippen LogP contribution is -2.52. The van der Waals surface area contributed by atoms with Crippen molar-refractivity contribution in [2.45, 2.75) is 12.6 Å².